The van der Waals surface area contributed by atoms with Crippen molar-refractivity contribution in [1.29, 1.82) is 0 Å². The smallest absolute Gasteiger partial charge is 0.267 e. The summed E-state index contributed by atoms with van der Waals surface area (Å²) in [5.74, 6) is 5.43. The van der Waals surface area contributed by atoms with Crippen LogP contribution in [-0.4, -0.2) is 17.5 Å². The molecule has 0 radical (unpaired) electrons. The van der Waals surface area contributed by atoms with Gasteiger partial charge in [0.15, 0.2) is 0 Å². The third-order valence-electron chi connectivity index (χ3n) is 2.60. The molecule has 3 heteroatoms. The molecule has 1 amide bonds. The summed E-state index contributed by atoms with van der Waals surface area (Å²) in [6.07, 6.45) is 0. The van der Waals surface area contributed by atoms with Gasteiger partial charge < -0.3 is 0 Å². The Hall–Kier alpha value is -1.87. The SMILES string of the molecule is CCN(N)C(=O)c1ccc2ccccc2c1. The molecule has 0 aliphatic carbocycles. The Morgan fingerprint density at radius 2 is 1.88 bits per heavy atom. The Morgan fingerprint density at radius 1 is 1.19 bits per heavy atom. The van der Waals surface area contributed by atoms with E-state index >= 15 is 0 Å². The lowest BCUT2D eigenvalue weighted by Gasteiger charge is -2.14. The lowest BCUT2D eigenvalue weighted by molar-refractivity contribution is 0.0764. The van der Waals surface area contributed by atoms with Gasteiger partial charge >= 0.3 is 0 Å². The fraction of sp³-hybridized carbons (Fsp3) is 0.154. The van der Waals surface area contributed by atoms with Crippen LogP contribution in [0.15, 0.2) is 42.5 Å². The number of benzene rings is 2. The Morgan fingerprint density at radius 3 is 2.56 bits per heavy atom. The molecule has 0 aliphatic rings. The van der Waals surface area contributed by atoms with E-state index in [4.69, 9.17) is 5.84 Å². The second kappa shape index (κ2) is 4.33. The number of carbonyl (C=O) groups excluding carboxylic acids is 1. The third kappa shape index (κ3) is 1.90. The quantitative estimate of drug-likeness (QED) is 0.473. The van der Waals surface area contributed by atoms with Gasteiger partial charge in [-0.05, 0) is 29.8 Å². The fourth-order valence-corrected chi connectivity index (χ4v) is 1.63. The molecule has 2 N–H and O–H groups in total. The van der Waals surface area contributed by atoms with Gasteiger partial charge in [0.1, 0.15) is 0 Å². The molecule has 0 bridgehead atoms. The van der Waals surface area contributed by atoms with Crippen LogP contribution in [0.1, 0.15) is 17.3 Å². The average molecular weight is 214 g/mol. The standard InChI is InChI=1S/C13H14N2O/c1-2-15(14)13(16)12-8-7-10-5-3-4-6-11(10)9-12/h3-9H,2,14H2,1H3. The third-order valence-corrected chi connectivity index (χ3v) is 2.60. The number of hydrazine groups is 1. The predicted molar refractivity (Wildman–Crippen MR) is 64.8 cm³/mol. The number of nitrogens with zero attached hydrogens (tertiary/aromatic N) is 1. The summed E-state index contributed by atoms with van der Waals surface area (Å²) in [5.41, 5.74) is 0.628. The molecule has 16 heavy (non-hydrogen) atoms. The molecule has 2 rings (SSSR count). The average Bonchev–Trinajstić information content (AvgIpc) is 2.36. The first-order valence-electron chi connectivity index (χ1n) is 5.27. The number of amides is 1. The highest BCUT2D eigenvalue weighted by Gasteiger charge is 2.10. The maximum Gasteiger partial charge on any atom is 0.267 e. The van der Waals surface area contributed by atoms with Crippen LogP contribution in [0.2, 0.25) is 0 Å². The van der Waals surface area contributed by atoms with Crippen molar-refractivity contribution in [3.63, 3.8) is 0 Å². The Labute approximate surface area is 94.4 Å². The molecule has 0 atom stereocenters. The number of hydrogen-bond donors (Lipinski definition) is 1. The van der Waals surface area contributed by atoms with E-state index in [1.807, 2.05) is 43.3 Å². The molecule has 82 valence electrons. The molecular formula is C13H14N2O. The predicted octanol–water partition coefficient (Wildman–Crippen LogP) is 2.18. The molecule has 0 saturated carbocycles. The van der Waals surface area contributed by atoms with Gasteiger partial charge in [-0.2, -0.15) is 0 Å². The molecule has 0 fully saturated rings. The van der Waals surface area contributed by atoms with Crippen LogP contribution in [0, 0.1) is 0 Å². The maximum atomic E-state index is 11.8. The van der Waals surface area contributed by atoms with Crippen LogP contribution >= 0.6 is 0 Å². The van der Waals surface area contributed by atoms with E-state index in [0.717, 1.165) is 10.8 Å². The minimum atomic E-state index is -0.145. The summed E-state index contributed by atoms with van der Waals surface area (Å²) in [4.78, 5) is 11.8. The largest absolute Gasteiger partial charge is 0.277 e. The monoisotopic (exact) mass is 214 g/mol. The van der Waals surface area contributed by atoms with Crippen molar-refractivity contribution in [2.75, 3.05) is 6.54 Å². The second-order valence-corrected chi connectivity index (χ2v) is 3.65. The van der Waals surface area contributed by atoms with Gasteiger partial charge in [0.2, 0.25) is 0 Å². The molecule has 0 aliphatic heterocycles. The van der Waals surface area contributed by atoms with Crippen molar-refractivity contribution in [2.45, 2.75) is 6.92 Å². The van der Waals surface area contributed by atoms with Crippen molar-refractivity contribution < 1.29 is 4.79 Å². The fourth-order valence-electron chi connectivity index (χ4n) is 1.63. The van der Waals surface area contributed by atoms with Gasteiger partial charge in [0.05, 0.1) is 0 Å². The van der Waals surface area contributed by atoms with E-state index < -0.39 is 0 Å². The van der Waals surface area contributed by atoms with Gasteiger partial charge in [-0.3, -0.25) is 9.80 Å². The van der Waals surface area contributed by atoms with Crippen LogP contribution in [0.5, 0.6) is 0 Å². The highest BCUT2D eigenvalue weighted by molar-refractivity contribution is 5.98. The van der Waals surface area contributed by atoms with Crippen LogP contribution in [0.4, 0.5) is 0 Å². The van der Waals surface area contributed by atoms with Crippen LogP contribution in [-0.2, 0) is 0 Å². The topological polar surface area (TPSA) is 46.3 Å². The van der Waals surface area contributed by atoms with Crippen molar-refractivity contribution in [3.05, 3.63) is 48.0 Å². The Bertz CT molecular complexity index is 522. The molecule has 0 heterocycles. The number of hydrogen-bond acceptors (Lipinski definition) is 2. The first kappa shape index (κ1) is 10.6. The summed E-state index contributed by atoms with van der Waals surface area (Å²) in [5, 5.41) is 3.39. The zero-order chi connectivity index (χ0) is 11.5. The molecule has 0 spiro atoms. The number of rotatable bonds is 2. The van der Waals surface area contributed by atoms with Gasteiger partial charge in [-0.15, -0.1) is 0 Å². The highest BCUT2D eigenvalue weighted by Crippen LogP contribution is 2.16. The van der Waals surface area contributed by atoms with Crippen molar-refractivity contribution in [2.24, 2.45) is 5.84 Å². The number of nitrogens with two attached hydrogens (primary N) is 1. The van der Waals surface area contributed by atoms with E-state index in [1.165, 1.54) is 5.01 Å². The minimum Gasteiger partial charge on any atom is -0.277 e. The van der Waals surface area contributed by atoms with Gasteiger partial charge in [0.25, 0.3) is 5.91 Å². The van der Waals surface area contributed by atoms with Crippen LogP contribution < -0.4 is 5.84 Å². The Balaban J connectivity index is 2.43. The summed E-state index contributed by atoms with van der Waals surface area (Å²) in [6.45, 7) is 2.35. The van der Waals surface area contributed by atoms with Crippen molar-refractivity contribution in [3.8, 4) is 0 Å². The van der Waals surface area contributed by atoms with E-state index in [-0.39, 0.29) is 5.91 Å². The zero-order valence-corrected chi connectivity index (χ0v) is 9.18. The number of carbonyl (C=O) groups is 1. The van der Waals surface area contributed by atoms with Gasteiger partial charge in [0, 0.05) is 12.1 Å². The molecule has 0 aromatic heterocycles. The van der Waals surface area contributed by atoms with E-state index in [1.54, 1.807) is 6.07 Å². The minimum absolute atomic E-state index is 0.145. The van der Waals surface area contributed by atoms with E-state index in [2.05, 4.69) is 0 Å². The summed E-state index contributed by atoms with van der Waals surface area (Å²) in [6, 6.07) is 13.5. The molecule has 3 nitrogen and oxygen atoms in total. The summed E-state index contributed by atoms with van der Waals surface area (Å²) < 4.78 is 0. The van der Waals surface area contributed by atoms with E-state index in [0.29, 0.717) is 12.1 Å². The zero-order valence-electron chi connectivity index (χ0n) is 9.18. The maximum absolute atomic E-state index is 11.8. The molecule has 0 saturated heterocycles. The first-order valence-corrected chi connectivity index (χ1v) is 5.27. The molecule has 2 aromatic carbocycles. The summed E-state index contributed by atoms with van der Waals surface area (Å²) in [7, 11) is 0. The van der Waals surface area contributed by atoms with E-state index in [9.17, 15) is 4.79 Å². The van der Waals surface area contributed by atoms with Gasteiger partial charge in [-0.25, -0.2) is 5.84 Å². The van der Waals surface area contributed by atoms with Crippen molar-refractivity contribution in [1.82, 2.24) is 5.01 Å². The second-order valence-electron chi connectivity index (χ2n) is 3.65. The summed E-state index contributed by atoms with van der Waals surface area (Å²) >= 11 is 0. The highest BCUT2D eigenvalue weighted by atomic mass is 16.2. The lowest BCUT2D eigenvalue weighted by Crippen LogP contribution is -2.36. The molecular weight excluding hydrogens is 200 g/mol. The lowest BCUT2D eigenvalue weighted by atomic mass is 10.1. The van der Waals surface area contributed by atoms with Crippen molar-refractivity contribution >= 4 is 16.7 Å². The normalized spacial score (nSPS) is 10.4. The van der Waals surface area contributed by atoms with Crippen LogP contribution in [0.25, 0.3) is 10.8 Å². The Kier molecular flexibility index (Phi) is 2.88. The van der Waals surface area contributed by atoms with Gasteiger partial charge in [-0.1, -0.05) is 30.3 Å². The van der Waals surface area contributed by atoms with Crippen LogP contribution in [0.3, 0.4) is 0 Å². The molecule has 0 unspecified atom stereocenters. The molecule has 2 aromatic rings. The number of fused-ring (bicyclic) bond motifs is 1. The first-order chi connectivity index (χ1) is 7.72.